The third-order valence-corrected chi connectivity index (χ3v) is 3.51. The summed E-state index contributed by atoms with van der Waals surface area (Å²) >= 11 is 3.21. The first-order valence-corrected chi connectivity index (χ1v) is 6.56. The fourth-order valence-electron chi connectivity index (χ4n) is 2.10. The molecular weight excluding hydrogens is 311 g/mol. The standard InChI is InChI=1S/C14H10BrFN2O/c15-8-5-6-9(11(16)7-8)13-17-12-4-2-1-3-10(12)14(19)18-13/h1-7,13,17H,(H,18,19)/t13-/m0/s1. The second kappa shape index (κ2) is 4.66. The third kappa shape index (κ3) is 2.21. The van der Waals surface area contributed by atoms with Crippen molar-refractivity contribution in [1.29, 1.82) is 0 Å². The van der Waals surface area contributed by atoms with E-state index >= 15 is 0 Å². The van der Waals surface area contributed by atoms with E-state index in [1.54, 1.807) is 30.3 Å². The van der Waals surface area contributed by atoms with Gasteiger partial charge in [-0.25, -0.2) is 4.39 Å². The van der Waals surface area contributed by atoms with Crippen molar-refractivity contribution < 1.29 is 9.18 Å². The average Bonchev–Trinajstić information content (AvgIpc) is 2.38. The van der Waals surface area contributed by atoms with Gasteiger partial charge >= 0.3 is 0 Å². The molecule has 5 heteroatoms. The lowest BCUT2D eigenvalue weighted by molar-refractivity contribution is 0.0935. The van der Waals surface area contributed by atoms with Crippen LogP contribution in [0.2, 0.25) is 0 Å². The maximum atomic E-state index is 13.9. The van der Waals surface area contributed by atoms with Crippen molar-refractivity contribution in [3.8, 4) is 0 Å². The quantitative estimate of drug-likeness (QED) is 0.845. The van der Waals surface area contributed by atoms with Gasteiger partial charge in [-0.1, -0.05) is 34.1 Å². The first-order chi connectivity index (χ1) is 9.15. The molecule has 0 saturated heterocycles. The highest BCUT2D eigenvalue weighted by molar-refractivity contribution is 9.10. The molecule has 1 atom stereocenters. The molecule has 2 aromatic carbocycles. The van der Waals surface area contributed by atoms with Gasteiger partial charge in [-0.15, -0.1) is 0 Å². The number of hydrogen-bond acceptors (Lipinski definition) is 2. The van der Waals surface area contributed by atoms with Crippen molar-refractivity contribution in [2.24, 2.45) is 0 Å². The summed E-state index contributed by atoms with van der Waals surface area (Å²) in [6, 6.07) is 11.9. The molecule has 0 aliphatic carbocycles. The molecule has 1 amide bonds. The topological polar surface area (TPSA) is 41.1 Å². The van der Waals surface area contributed by atoms with Crippen LogP contribution in [0.5, 0.6) is 0 Å². The van der Waals surface area contributed by atoms with Crippen molar-refractivity contribution in [3.05, 3.63) is 63.9 Å². The Kier molecular flexibility index (Phi) is 2.98. The number of para-hydroxylation sites is 1. The smallest absolute Gasteiger partial charge is 0.255 e. The Hall–Kier alpha value is -1.88. The summed E-state index contributed by atoms with van der Waals surface area (Å²) in [6.45, 7) is 0. The number of fused-ring (bicyclic) bond motifs is 1. The van der Waals surface area contributed by atoms with Gasteiger partial charge in [0.1, 0.15) is 12.0 Å². The zero-order valence-corrected chi connectivity index (χ0v) is 11.4. The summed E-state index contributed by atoms with van der Waals surface area (Å²) < 4.78 is 14.6. The summed E-state index contributed by atoms with van der Waals surface area (Å²) in [6.07, 6.45) is -0.560. The third-order valence-electron chi connectivity index (χ3n) is 3.02. The Labute approximate surface area is 118 Å². The number of carbonyl (C=O) groups excluding carboxylic acids is 1. The van der Waals surface area contributed by atoms with E-state index in [1.807, 2.05) is 6.07 Å². The second-order valence-electron chi connectivity index (χ2n) is 4.26. The normalized spacial score (nSPS) is 17.4. The lowest BCUT2D eigenvalue weighted by Gasteiger charge is -2.28. The van der Waals surface area contributed by atoms with Gasteiger partial charge in [0.15, 0.2) is 0 Å². The maximum absolute atomic E-state index is 13.9. The minimum Gasteiger partial charge on any atom is -0.361 e. The predicted octanol–water partition coefficient (Wildman–Crippen LogP) is 3.44. The number of halogens is 2. The molecular formula is C14H10BrFN2O. The number of rotatable bonds is 1. The van der Waals surface area contributed by atoms with Crippen LogP contribution >= 0.6 is 15.9 Å². The van der Waals surface area contributed by atoms with Crippen LogP contribution in [-0.2, 0) is 0 Å². The minimum absolute atomic E-state index is 0.207. The van der Waals surface area contributed by atoms with Crippen molar-refractivity contribution in [2.45, 2.75) is 6.17 Å². The van der Waals surface area contributed by atoms with Crippen LogP contribution < -0.4 is 10.6 Å². The van der Waals surface area contributed by atoms with Crippen LogP contribution in [0.4, 0.5) is 10.1 Å². The summed E-state index contributed by atoms with van der Waals surface area (Å²) in [5, 5.41) is 5.86. The molecule has 0 spiro atoms. The monoisotopic (exact) mass is 320 g/mol. The number of hydrogen-bond donors (Lipinski definition) is 2. The number of nitrogens with one attached hydrogen (secondary N) is 2. The Morgan fingerprint density at radius 1 is 1.11 bits per heavy atom. The first-order valence-electron chi connectivity index (χ1n) is 5.76. The van der Waals surface area contributed by atoms with Gasteiger partial charge in [-0.05, 0) is 24.3 Å². The molecule has 19 heavy (non-hydrogen) atoms. The van der Waals surface area contributed by atoms with Crippen LogP contribution in [0.15, 0.2) is 46.9 Å². The van der Waals surface area contributed by atoms with E-state index in [4.69, 9.17) is 0 Å². The molecule has 0 bridgehead atoms. The van der Waals surface area contributed by atoms with Gasteiger partial charge in [-0.3, -0.25) is 4.79 Å². The largest absolute Gasteiger partial charge is 0.361 e. The van der Waals surface area contributed by atoms with E-state index in [9.17, 15) is 9.18 Å². The Balaban J connectivity index is 1.99. The first kappa shape index (κ1) is 12.2. The van der Waals surface area contributed by atoms with E-state index in [1.165, 1.54) is 6.07 Å². The second-order valence-corrected chi connectivity index (χ2v) is 5.18. The Morgan fingerprint density at radius 3 is 2.68 bits per heavy atom. The van der Waals surface area contributed by atoms with Crippen LogP contribution in [0, 0.1) is 5.82 Å². The molecule has 1 aliphatic rings. The Morgan fingerprint density at radius 2 is 1.89 bits per heavy atom. The van der Waals surface area contributed by atoms with Gasteiger partial charge in [0.25, 0.3) is 5.91 Å². The van der Waals surface area contributed by atoms with Crippen molar-refractivity contribution in [1.82, 2.24) is 5.32 Å². The summed E-state index contributed by atoms with van der Waals surface area (Å²) in [7, 11) is 0. The van der Waals surface area contributed by atoms with E-state index < -0.39 is 6.17 Å². The average molecular weight is 321 g/mol. The molecule has 96 valence electrons. The zero-order valence-electron chi connectivity index (χ0n) is 9.78. The molecule has 3 nitrogen and oxygen atoms in total. The lowest BCUT2D eigenvalue weighted by atomic mass is 10.1. The molecule has 1 heterocycles. The van der Waals surface area contributed by atoms with Crippen LogP contribution in [-0.4, -0.2) is 5.91 Å². The fraction of sp³-hybridized carbons (Fsp3) is 0.0714. The minimum atomic E-state index is -0.560. The molecule has 0 saturated carbocycles. The van der Waals surface area contributed by atoms with Crippen LogP contribution in [0.25, 0.3) is 0 Å². The van der Waals surface area contributed by atoms with Gasteiger partial charge in [0.2, 0.25) is 0 Å². The molecule has 0 aromatic heterocycles. The van der Waals surface area contributed by atoms with Gasteiger partial charge in [0, 0.05) is 15.7 Å². The summed E-state index contributed by atoms with van der Waals surface area (Å²) in [5.74, 6) is -0.576. The predicted molar refractivity (Wildman–Crippen MR) is 74.4 cm³/mol. The van der Waals surface area contributed by atoms with Gasteiger partial charge in [0.05, 0.1) is 5.56 Å². The number of benzene rings is 2. The van der Waals surface area contributed by atoms with Gasteiger partial charge in [-0.2, -0.15) is 0 Å². The highest BCUT2D eigenvalue weighted by Crippen LogP contribution is 2.28. The van der Waals surface area contributed by atoms with Gasteiger partial charge < -0.3 is 10.6 Å². The van der Waals surface area contributed by atoms with E-state index in [0.717, 1.165) is 0 Å². The lowest BCUT2D eigenvalue weighted by Crippen LogP contribution is -2.38. The molecule has 0 fully saturated rings. The molecule has 0 radical (unpaired) electrons. The van der Waals surface area contributed by atoms with Crippen LogP contribution in [0.3, 0.4) is 0 Å². The summed E-state index contributed by atoms with van der Waals surface area (Å²) in [5.41, 5.74) is 1.68. The number of carbonyl (C=O) groups is 1. The summed E-state index contributed by atoms with van der Waals surface area (Å²) in [4.78, 5) is 12.0. The highest BCUT2D eigenvalue weighted by atomic mass is 79.9. The number of anilines is 1. The van der Waals surface area contributed by atoms with E-state index in [2.05, 4.69) is 26.6 Å². The SMILES string of the molecule is O=C1N[C@@H](c2ccc(Br)cc2F)Nc2ccccc21. The van der Waals surface area contributed by atoms with Crippen molar-refractivity contribution >= 4 is 27.5 Å². The molecule has 1 aliphatic heterocycles. The molecule has 3 rings (SSSR count). The highest BCUT2D eigenvalue weighted by Gasteiger charge is 2.25. The van der Waals surface area contributed by atoms with Crippen LogP contribution in [0.1, 0.15) is 22.1 Å². The number of amides is 1. The fourth-order valence-corrected chi connectivity index (χ4v) is 2.43. The molecule has 2 aromatic rings. The maximum Gasteiger partial charge on any atom is 0.255 e. The Bertz CT molecular complexity index is 660. The van der Waals surface area contributed by atoms with E-state index in [0.29, 0.717) is 21.3 Å². The van der Waals surface area contributed by atoms with E-state index in [-0.39, 0.29) is 11.7 Å². The molecule has 2 N–H and O–H groups in total. The zero-order chi connectivity index (χ0) is 13.4. The molecule has 0 unspecified atom stereocenters. The van der Waals surface area contributed by atoms with Crippen molar-refractivity contribution in [2.75, 3.05) is 5.32 Å². The van der Waals surface area contributed by atoms with Crippen molar-refractivity contribution in [3.63, 3.8) is 0 Å².